The van der Waals surface area contributed by atoms with Crippen molar-refractivity contribution in [3.63, 3.8) is 0 Å². The number of amides is 1. The molecule has 0 bridgehead atoms. The van der Waals surface area contributed by atoms with Crippen molar-refractivity contribution in [3.05, 3.63) is 28.3 Å². The lowest BCUT2D eigenvalue weighted by Gasteiger charge is -2.28. The summed E-state index contributed by atoms with van der Waals surface area (Å²) in [4.78, 5) is 10.8. The molecule has 4 nitrogen and oxygen atoms in total. The molecule has 0 heterocycles. The van der Waals surface area contributed by atoms with E-state index in [1.807, 2.05) is 6.07 Å². The third kappa shape index (κ3) is 1.74. The number of fused-ring (bicyclic) bond motifs is 2. The van der Waals surface area contributed by atoms with Crippen molar-refractivity contribution in [1.82, 2.24) is 0 Å². The molecule has 2 atom stereocenters. The van der Waals surface area contributed by atoms with Gasteiger partial charge in [0.2, 0.25) is 6.41 Å². The molecule has 19 heavy (non-hydrogen) atoms. The van der Waals surface area contributed by atoms with Crippen LogP contribution in [-0.2, 0) is 28.6 Å². The first-order valence-corrected chi connectivity index (χ1v) is 6.29. The van der Waals surface area contributed by atoms with Crippen LogP contribution >= 0.6 is 0 Å². The van der Waals surface area contributed by atoms with E-state index in [9.17, 15) is 15.0 Å². The van der Waals surface area contributed by atoms with Gasteiger partial charge in [-0.15, -0.1) is 0 Å². The van der Waals surface area contributed by atoms with Gasteiger partial charge < -0.3 is 15.5 Å². The number of nitrogens with one attached hydrogen (secondary N) is 1. The normalized spacial score (nSPS) is 31.9. The summed E-state index contributed by atoms with van der Waals surface area (Å²) in [6, 6.07) is 1.93. The van der Waals surface area contributed by atoms with Crippen LogP contribution in [0.4, 0.5) is 5.69 Å². The van der Waals surface area contributed by atoms with Gasteiger partial charge in [0.1, 0.15) is 15.7 Å². The molecule has 0 spiro atoms. The Morgan fingerprint density at radius 2 is 1.58 bits per heavy atom. The molecule has 0 aromatic heterocycles. The van der Waals surface area contributed by atoms with Gasteiger partial charge in [0.05, 0.1) is 16.7 Å². The molecule has 4 radical (unpaired) electrons. The number of hydrogen-bond donors (Lipinski definition) is 3. The maximum atomic E-state index is 10.8. The maximum Gasteiger partial charge on any atom is 0.211 e. The Bertz CT molecular complexity index is 527. The third-order valence-electron chi connectivity index (χ3n) is 4.11. The van der Waals surface area contributed by atoms with E-state index in [1.165, 1.54) is 0 Å². The average Bonchev–Trinajstić information content (AvgIpc) is 2.78. The van der Waals surface area contributed by atoms with Crippen LogP contribution in [0.25, 0.3) is 0 Å². The first kappa shape index (κ1) is 12.8. The fourth-order valence-corrected chi connectivity index (χ4v) is 3.29. The van der Waals surface area contributed by atoms with Crippen molar-refractivity contribution in [2.45, 2.75) is 36.7 Å². The minimum absolute atomic E-state index is 0.368. The molecule has 1 amide bonds. The molecule has 3 rings (SSSR count). The summed E-state index contributed by atoms with van der Waals surface area (Å²) in [6.07, 6.45) is 2.58. The van der Waals surface area contributed by atoms with Crippen molar-refractivity contribution >= 4 is 27.8 Å². The topological polar surface area (TPSA) is 69.6 Å². The predicted molar refractivity (Wildman–Crippen MR) is 72.1 cm³/mol. The number of aliphatic hydroxyl groups is 2. The van der Waals surface area contributed by atoms with Crippen molar-refractivity contribution in [2.24, 2.45) is 0 Å². The van der Waals surface area contributed by atoms with Crippen LogP contribution in [-0.4, -0.2) is 32.3 Å². The van der Waals surface area contributed by atoms with Crippen LogP contribution < -0.4 is 5.32 Å². The lowest BCUT2D eigenvalue weighted by Crippen LogP contribution is -2.28. The zero-order valence-corrected chi connectivity index (χ0v) is 10.4. The summed E-state index contributed by atoms with van der Waals surface area (Å²) in [7, 11) is 11.8. The quantitative estimate of drug-likeness (QED) is 0.503. The van der Waals surface area contributed by atoms with Gasteiger partial charge in [0.15, 0.2) is 0 Å². The highest BCUT2D eigenvalue weighted by Gasteiger charge is 2.41. The summed E-state index contributed by atoms with van der Waals surface area (Å²) in [6.45, 7) is 0. The van der Waals surface area contributed by atoms with Gasteiger partial charge in [0, 0.05) is 11.1 Å². The van der Waals surface area contributed by atoms with Crippen LogP contribution in [0, 0.1) is 0 Å². The van der Waals surface area contributed by atoms with Crippen molar-refractivity contribution in [3.8, 4) is 0 Å². The number of carbonyl (C=O) groups is 1. The highest BCUT2D eigenvalue weighted by molar-refractivity contribution is 6.18. The van der Waals surface area contributed by atoms with Crippen LogP contribution in [0.1, 0.15) is 35.1 Å². The second-order valence-electron chi connectivity index (χ2n) is 5.43. The summed E-state index contributed by atoms with van der Waals surface area (Å²) in [5, 5.41) is 23.1. The SMILES string of the molecule is [B]C1(O)CCc2cc3c(c(NC=O)c21)C([B])(O)CC3. The van der Waals surface area contributed by atoms with Crippen molar-refractivity contribution < 1.29 is 15.0 Å². The average molecular weight is 253 g/mol. The number of rotatable bonds is 2. The van der Waals surface area contributed by atoms with E-state index in [2.05, 4.69) is 5.32 Å². The van der Waals surface area contributed by atoms with Crippen LogP contribution in [0.5, 0.6) is 0 Å². The van der Waals surface area contributed by atoms with Gasteiger partial charge in [-0.25, -0.2) is 0 Å². The highest BCUT2D eigenvalue weighted by atomic mass is 16.3. The van der Waals surface area contributed by atoms with Gasteiger partial charge in [0.25, 0.3) is 0 Å². The molecule has 2 unspecified atom stereocenters. The minimum atomic E-state index is -1.49. The standard InChI is InChI=1S/C13H13B2NO3/c14-12(18)3-1-7-5-8-2-4-13(15,19)10(8)11(9(7)12)16-6-17/h5-6,18-19H,1-4H2,(H,16,17). The molecule has 2 aliphatic rings. The van der Waals surface area contributed by atoms with Gasteiger partial charge in [-0.3, -0.25) is 4.79 Å². The Kier molecular flexibility index (Phi) is 2.60. The summed E-state index contributed by atoms with van der Waals surface area (Å²) in [5.74, 6) is 0. The number of carbonyl (C=O) groups excluding carboxylic acids is 1. The molecule has 0 aliphatic heterocycles. The molecule has 0 saturated carbocycles. The summed E-state index contributed by atoms with van der Waals surface area (Å²) < 4.78 is 0. The van der Waals surface area contributed by atoms with Crippen LogP contribution in [0.2, 0.25) is 0 Å². The summed E-state index contributed by atoms with van der Waals surface area (Å²) in [5.41, 5.74) is 0.153. The Balaban J connectivity index is 2.31. The lowest BCUT2D eigenvalue weighted by atomic mass is 9.71. The molecule has 6 heteroatoms. The van der Waals surface area contributed by atoms with E-state index >= 15 is 0 Å². The van der Waals surface area contributed by atoms with Gasteiger partial charge in [-0.2, -0.15) is 0 Å². The molecule has 0 fully saturated rings. The number of anilines is 1. The molecule has 94 valence electrons. The molecule has 1 aromatic carbocycles. The summed E-state index contributed by atoms with van der Waals surface area (Å²) >= 11 is 0. The molecule has 3 N–H and O–H groups in total. The minimum Gasteiger partial charge on any atom is -0.395 e. The fraction of sp³-hybridized carbons (Fsp3) is 0.462. The Labute approximate surface area is 114 Å². The predicted octanol–water partition coefficient (Wildman–Crippen LogP) is -0.226. The van der Waals surface area contributed by atoms with E-state index in [4.69, 9.17) is 15.7 Å². The zero-order valence-electron chi connectivity index (χ0n) is 10.4. The van der Waals surface area contributed by atoms with E-state index in [1.54, 1.807) is 0 Å². The molecular formula is C13H13B2NO3. The fourth-order valence-electron chi connectivity index (χ4n) is 3.29. The van der Waals surface area contributed by atoms with Crippen LogP contribution in [0.3, 0.4) is 0 Å². The molecule has 2 aliphatic carbocycles. The first-order chi connectivity index (χ1) is 8.87. The van der Waals surface area contributed by atoms with Crippen molar-refractivity contribution in [1.29, 1.82) is 0 Å². The Hall–Kier alpha value is -1.26. The van der Waals surface area contributed by atoms with Gasteiger partial charge in [-0.05, 0) is 36.8 Å². The largest absolute Gasteiger partial charge is 0.395 e. The lowest BCUT2D eigenvalue weighted by molar-refractivity contribution is -0.105. The maximum absolute atomic E-state index is 10.8. The number of benzene rings is 1. The third-order valence-corrected chi connectivity index (χ3v) is 4.11. The highest BCUT2D eigenvalue weighted by Crippen LogP contribution is 2.48. The van der Waals surface area contributed by atoms with E-state index in [0.717, 1.165) is 11.1 Å². The first-order valence-electron chi connectivity index (χ1n) is 6.29. The monoisotopic (exact) mass is 253 g/mol. The van der Waals surface area contributed by atoms with Crippen LogP contribution in [0.15, 0.2) is 6.07 Å². The number of aryl methyl sites for hydroxylation is 2. The second-order valence-corrected chi connectivity index (χ2v) is 5.43. The molecule has 0 saturated heterocycles. The Morgan fingerprint density at radius 1 is 1.11 bits per heavy atom. The van der Waals surface area contributed by atoms with Gasteiger partial charge in [-0.1, -0.05) is 6.07 Å². The van der Waals surface area contributed by atoms with Crippen molar-refractivity contribution in [2.75, 3.05) is 5.32 Å². The van der Waals surface area contributed by atoms with E-state index < -0.39 is 11.0 Å². The second kappa shape index (κ2) is 3.87. The smallest absolute Gasteiger partial charge is 0.211 e. The van der Waals surface area contributed by atoms with E-state index in [-0.39, 0.29) is 0 Å². The van der Waals surface area contributed by atoms with Gasteiger partial charge >= 0.3 is 0 Å². The number of hydrogen-bond acceptors (Lipinski definition) is 3. The zero-order chi connectivity index (χ0) is 13.8. The van der Waals surface area contributed by atoms with E-state index in [0.29, 0.717) is 48.9 Å². The molecule has 1 aromatic rings. The molecular weight excluding hydrogens is 240 g/mol. The Morgan fingerprint density at radius 3 is 2.00 bits per heavy atom.